The molecule has 4 atom stereocenters. The topological polar surface area (TPSA) is 78.5 Å². The van der Waals surface area contributed by atoms with Gasteiger partial charge < -0.3 is 10.6 Å². The lowest BCUT2D eigenvalue weighted by atomic mass is 9.95. The maximum Gasteiger partial charge on any atom is 0.315 e. The van der Waals surface area contributed by atoms with Gasteiger partial charge in [0.25, 0.3) is 0 Å². The minimum atomic E-state index is -3.12. The molecule has 3 rings (SSSR count). The summed E-state index contributed by atoms with van der Waals surface area (Å²) in [5.41, 5.74) is 0. The first-order chi connectivity index (χ1) is 10.8. The van der Waals surface area contributed by atoms with Gasteiger partial charge in [-0.05, 0) is 31.6 Å². The lowest BCUT2D eigenvalue weighted by Crippen LogP contribution is -2.54. The summed E-state index contributed by atoms with van der Waals surface area (Å²) in [4.78, 5) is 14.8. The predicted octanol–water partition coefficient (Wildman–Crippen LogP) is 1.12. The molecule has 23 heavy (non-hydrogen) atoms. The first kappa shape index (κ1) is 17.0. The van der Waals surface area contributed by atoms with E-state index in [1.165, 1.54) is 19.1 Å². The van der Waals surface area contributed by atoms with Crippen molar-refractivity contribution in [3.8, 4) is 0 Å². The number of amides is 2. The highest BCUT2D eigenvalue weighted by Gasteiger charge is 2.39. The van der Waals surface area contributed by atoms with Crippen LogP contribution in [0.25, 0.3) is 0 Å². The number of nitrogens with one attached hydrogen (secondary N) is 2. The van der Waals surface area contributed by atoms with Gasteiger partial charge in [0.15, 0.2) is 9.84 Å². The standard InChI is InChI=1S/C16H29N3O3S/c1-11-9-19(12-7-8-12)10-14(11)18-16(20)17-13-5-3-4-6-15(13)23(2,21)22/h11-15H,3-10H2,1-2H3,(H2,17,18,20)/t11?,13-,14?,15-/m1/s1. The van der Waals surface area contributed by atoms with Crippen LogP contribution in [0.5, 0.6) is 0 Å². The molecule has 1 aliphatic heterocycles. The SMILES string of the molecule is CC1CN(C2CC2)CC1NC(=O)N[C@@H]1CCCC[C@H]1S(C)(=O)=O. The van der Waals surface area contributed by atoms with E-state index >= 15 is 0 Å². The summed E-state index contributed by atoms with van der Waals surface area (Å²) in [6.45, 7) is 4.14. The van der Waals surface area contributed by atoms with E-state index in [0.717, 1.165) is 38.4 Å². The number of nitrogens with zero attached hydrogens (tertiary/aromatic N) is 1. The van der Waals surface area contributed by atoms with Crippen LogP contribution in [-0.2, 0) is 9.84 Å². The predicted molar refractivity (Wildman–Crippen MR) is 90.1 cm³/mol. The molecule has 132 valence electrons. The lowest BCUT2D eigenvalue weighted by Gasteiger charge is -2.31. The summed E-state index contributed by atoms with van der Waals surface area (Å²) in [5.74, 6) is 0.443. The largest absolute Gasteiger partial charge is 0.334 e. The second-order valence-electron chi connectivity index (χ2n) is 7.65. The van der Waals surface area contributed by atoms with Gasteiger partial charge in [-0.2, -0.15) is 0 Å². The molecule has 1 saturated heterocycles. The average Bonchev–Trinajstić information content (AvgIpc) is 3.24. The Hall–Kier alpha value is -0.820. The molecule has 3 aliphatic rings. The van der Waals surface area contributed by atoms with Crippen molar-refractivity contribution in [1.82, 2.24) is 15.5 Å². The molecule has 0 bridgehead atoms. The van der Waals surface area contributed by atoms with E-state index in [9.17, 15) is 13.2 Å². The number of hydrogen-bond acceptors (Lipinski definition) is 4. The van der Waals surface area contributed by atoms with Gasteiger partial charge >= 0.3 is 6.03 Å². The van der Waals surface area contributed by atoms with Gasteiger partial charge in [-0.15, -0.1) is 0 Å². The van der Waals surface area contributed by atoms with E-state index in [2.05, 4.69) is 22.5 Å². The molecular weight excluding hydrogens is 314 g/mol. The third-order valence-electron chi connectivity index (χ3n) is 5.59. The van der Waals surface area contributed by atoms with Gasteiger partial charge in [-0.1, -0.05) is 19.8 Å². The molecule has 1 heterocycles. The monoisotopic (exact) mass is 343 g/mol. The van der Waals surface area contributed by atoms with E-state index in [4.69, 9.17) is 0 Å². The summed E-state index contributed by atoms with van der Waals surface area (Å²) in [7, 11) is -3.12. The fourth-order valence-electron chi connectivity index (χ4n) is 4.08. The Labute approximate surface area is 139 Å². The summed E-state index contributed by atoms with van der Waals surface area (Å²) in [6, 6.07) is 0.422. The number of carbonyl (C=O) groups is 1. The fraction of sp³-hybridized carbons (Fsp3) is 0.938. The molecule has 6 nitrogen and oxygen atoms in total. The quantitative estimate of drug-likeness (QED) is 0.802. The van der Waals surface area contributed by atoms with Crippen LogP contribution in [0.3, 0.4) is 0 Å². The van der Waals surface area contributed by atoms with Crippen LogP contribution in [0.1, 0.15) is 45.4 Å². The van der Waals surface area contributed by atoms with Crippen molar-refractivity contribution < 1.29 is 13.2 Å². The average molecular weight is 343 g/mol. The Bertz CT molecular complexity index is 547. The van der Waals surface area contributed by atoms with Crippen molar-refractivity contribution in [1.29, 1.82) is 0 Å². The third kappa shape index (κ3) is 4.18. The van der Waals surface area contributed by atoms with E-state index in [-0.39, 0.29) is 18.1 Å². The molecule has 0 aromatic heterocycles. The molecule has 0 spiro atoms. The minimum Gasteiger partial charge on any atom is -0.334 e. The first-order valence-corrected chi connectivity index (χ1v) is 10.8. The number of urea groups is 1. The molecule has 0 aromatic carbocycles. The molecular formula is C16H29N3O3S. The van der Waals surface area contributed by atoms with Crippen LogP contribution in [-0.4, -0.2) is 62.1 Å². The van der Waals surface area contributed by atoms with Crippen LogP contribution in [0.2, 0.25) is 0 Å². The second-order valence-corrected chi connectivity index (χ2v) is 9.91. The van der Waals surface area contributed by atoms with E-state index in [1.54, 1.807) is 0 Å². The zero-order valence-electron chi connectivity index (χ0n) is 14.1. The number of hydrogen-bond donors (Lipinski definition) is 2. The summed E-state index contributed by atoms with van der Waals surface area (Å²) >= 11 is 0. The van der Waals surface area contributed by atoms with Crippen molar-refractivity contribution in [3.63, 3.8) is 0 Å². The number of carbonyl (C=O) groups excluding carboxylic acids is 1. The Morgan fingerprint density at radius 3 is 2.30 bits per heavy atom. The summed E-state index contributed by atoms with van der Waals surface area (Å²) in [6.07, 6.45) is 7.15. The van der Waals surface area contributed by atoms with Gasteiger partial charge in [0.2, 0.25) is 0 Å². The van der Waals surface area contributed by atoms with Crippen molar-refractivity contribution in [2.24, 2.45) is 5.92 Å². The van der Waals surface area contributed by atoms with Crippen LogP contribution >= 0.6 is 0 Å². The zero-order valence-corrected chi connectivity index (χ0v) is 14.9. The van der Waals surface area contributed by atoms with Crippen molar-refractivity contribution >= 4 is 15.9 Å². The molecule has 2 aliphatic carbocycles. The van der Waals surface area contributed by atoms with Gasteiger partial charge in [-0.3, -0.25) is 4.90 Å². The number of likely N-dealkylation sites (tertiary alicyclic amines) is 1. The Morgan fingerprint density at radius 1 is 1.00 bits per heavy atom. The molecule has 2 N–H and O–H groups in total. The highest BCUT2D eigenvalue weighted by atomic mass is 32.2. The normalized spacial score (nSPS) is 35.9. The summed E-state index contributed by atoms with van der Waals surface area (Å²) < 4.78 is 23.8. The maximum absolute atomic E-state index is 12.3. The van der Waals surface area contributed by atoms with Gasteiger partial charge in [0.05, 0.1) is 5.25 Å². The Balaban J connectivity index is 1.54. The molecule has 0 aromatic rings. The van der Waals surface area contributed by atoms with E-state index < -0.39 is 15.1 Å². The minimum absolute atomic E-state index is 0.163. The summed E-state index contributed by atoms with van der Waals surface area (Å²) in [5, 5.41) is 5.57. The fourth-order valence-corrected chi connectivity index (χ4v) is 5.48. The number of rotatable bonds is 4. The Kier molecular flexibility index (Phi) is 4.88. The molecule has 2 amide bonds. The van der Waals surface area contributed by atoms with Crippen LogP contribution in [0.4, 0.5) is 4.79 Å². The Morgan fingerprint density at radius 2 is 1.65 bits per heavy atom. The lowest BCUT2D eigenvalue weighted by molar-refractivity contribution is 0.226. The van der Waals surface area contributed by atoms with Crippen LogP contribution in [0.15, 0.2) is 0 Å². The first-order valence-electron chi connectivity index (χ1n) is 8.84. The second kappa shape index (κ2) is 6.59. The van der Waals surface area contributed by atoms with Crippen LogP contribution in [0, 0.1) is 5.92 Å². The van der Waals surface area contributed by atoms with Gasteiger partial charge in [0, 0.05) is 37.5 Å². The van der Waals surface area contributed by atoms with Crippen molar-refractivity contribution in [3.05, 3.63) is 0 Å². The van der Waals surface area contributed by atoms with Gasteiger partial charge in [-0.25, -0.2) is 13.2 Å². The molecule has 3 fully saturated rings. The maximum atomic E-state index is 12.3. The van der Waals surface area contributed by atoms with E-state index in [1.807, 2.05) is 0 Å². The molecule has 0 radical (unpaired) electrons. The smallest absolute Gasteiger partial charge is 0.315 e. The number of sulfone groups is 1. The highest BCUT2D eigenvalue weighted by molar-refractivity contribution is 7.91. The van der Waals surface area contributed by atoms with Crippen molar-refractivity contribution in [2.45, 2.75) is 68.8 Å². The molecule has 2 unspecified atom stereocenters. The van der Waals surface area contributed by atoms with Crippen molar-refractivity contribution in [2.75, 3.05) is 19.3 Å². The van der Waals surface area contributed by atoms with Crippen LogP contribution < -0.4 is 10.6 Å². The molecule has 7 heteroatoms. The van der Waals surface area contributed by atoms with E-state index in [0.29, 0.717) is 12.3 Å². The zero-order chi connectivity index (χ0) is 16.6. The molecule has 2 saturated carbocycles. The third-order valence-corrected chi connectivity index (χ3v) is 7.25. The van der Waals surface area contributed by atoms with Gasteiger partial charge in [0.1, 0.15) is 0 Å². The highest BCUT2D eigenvalue weighted by Crippen LogP contribution is 2.31.